The van der Waals surface area contributed by atoms with Gasteiger partial charge in [0.2, 0.25) is 29.5 Å². The van der Waals surface area contributed by atoms with E-state index >= 15 is 0 Å². The van der Waals surface area contributed by atoms with Crippen LogP contribution in [0.5, 0.6) is 5.75 Å². The fraction of sp³-hybridized carbons (Fsp3) is 0.500. The molecule has 2 rings (SSSR count). The molecule has 1 aromatic rings. The van der Waals surface area contributed by atoms with Crippen molar-refractivity contribution < 1.29 is 42.8 Å². The molecule has 0 spiro atoms. The summed E-state index contributed by atoms with van der Waals surface area (Å²) in [6, 6.07) is 3.13. The van der Waals surface area contributed by atoms with Crippen LogP contribution < -0.4 is 31.9 Å². The predicted molar refractivity (Wildman–Crippen MR) is 129 cm³/mol. The van der Waals surface area contributed by atoms with Gasteiger partial charge in [0.1, 0.15) is 17.8 Å². The number of nitrogens with one attached hydrogen (secondary N) is 3. The van der Waals surface area contributed by atoms with Crippen molar-refractivity contribution in [2.45, 2.75) is 44.7 Å². The van der Waals surface area contributed by atoms with Gasteiger partial charge in [-0.2, -0.15) is 0 Å². The van der Waals surface area contributed by atoms with Gasteiger partial charge in [-0.15, -0.1) is 0 Å². The van der Waals surface area contributed by atoms with Crippen LogP contribution in [0.2, 0.25) is 0 Å². The molecule has 0 heterocycles. The summed E-state index contributed by atoms with van der Waals surface area (Å²) in [4.78, 5) is 79.4. The van der Waals surface area contributed by atoms with E-state index in [1.165, 1.54) is 31.3 Å². The van der Waals surface area contributed by atoms with Crippen LogP contribution >= 0.6 is 7.82 Å². The van der Waals surface area contributed by atoms with Crippen LogP contribution in [0.4, 0.5) is 0 Å². The zero-order chi connectivity index (χ0) is 28.1. The number of phosphoric ester groups is 1. The summed E-state index contributed by atoms with van der Waals surface area (Å²) in [7, 11) is -3.34. The Hall–Kier alpha value is -3.48. The van der Waals surface area contributed by atoms with E-state index in [2.05, 4.69) is 20.5 Å². The van der Waals surface area contributed by atoms with Crippen LogP contribution in [-0.4, -0.2) is 58.5 Å². The molecule has 15 heteroatoms. The lowest BCUT2D eigenvalue weighted by Crippen LogP contribution is -2.56. The van der Waals surface area contributed by atoms with Gasteiger partial charge < -0.3 is 31.9 Å². The molecule has 1 saturated carbocycles. The number of benzene rings is 1. The molecule has 0 radical (unpaired) electrons. The van der Waals surface area contributed by atoms with Crippen molar-refractivity contribution in [2.75, 3.05) is 7.05 Å². The van der Waals surface area contributed by atoms with E-state index < -0.39 is 73.6 Å². The summed E-state index contributed by atoms with van der Waals surface area (Å²) < 4.78 is 15.6. The molecule has 0 aromatic heterocycles. The topological polar surface area (TPSA) is 240 Å². The van der Waals surface area contributed by atoms with Crippen LogP contribution in [0.25, 0.3) is 0 Å². The van der Waals surface area contributed by atoms with Crippen molar-refractivity contribution in [1.82, 2.24) is 16.0 Å². The summed E-state index contributed by atoms with van der Waals surface area (Å²) in [6.07, 6.45) is -0.0309. The molecule has 6 atom stereocenters. The molecular weight excluding hydrogens is 509 g/mol. The molecule has 1 aromatic carbocycles. The van der Waals surface area contributed by atoms with Gasteiger partial charge in [0.25, 0.3) is 0 Å². The third-order valence-electron chi connectivity index (χ3n) is 6.22. The number of phosphoric acid groups is 1. The molecule has 5 amide bonds. The molecule has 0 saturated heterocycles. The van der Waals surface area contributed by atoms with E-state index in [0.29, 0.717) is 12.0 Å². The standard InChI is InChI=1S/C22H32N5O9P/c1-4-10(2)18(22(32)26-13(19(24)29)9-14(23)28)27-21(31)17-15(16(17)20(30)25-3)11-5-7-12(8-6-11)36-37(33,34)35/h5-8,10,13,15-18H,4,9H2,1-3H3,(H2,23,28)(H2,24,29)(H,25,30)(H,26,32)(H,27,31)(H2,33,34,35)/t10?,13-,15?,16+,17+,18-/m0/s1. The van der Waals surface area contributed by atoms with Gasteiger partial charge in [0.05, 0.1) is 18.3 Å². The van der Waals surface area contributed by atoms with Crippen LogP contribution in [0.1, 0.15) is 38.2 Å². The second-order valence-corrected chi connectivity index (χ2v) is 10.0. The second-order valence-electron chi connectivity index (χ2n) is 8.85. The maximum atomic E-state index is 13.2. The van der Waals surface area contributed by atoms with Crippen molar-refractivity contribution in [1.29, 1.82) is 0 Å². The van der Waals surface area contributed by atoms with Crippen molar-refractivity contribution in [3.8, 4) is 5.75 Å². The first-order chi connectivity index (χ1) is 17.2. The number of hydrogen-bond acceptors (Lipinski definition) is 7. The summed E-state index contributed by atoms with van der Waals surface area (Å²) in [6.45, 7) is 3.50. The van der Waals surface area contributed by atoms with E-state index in [0.717, 1.165) is 0 Å². The van der Waals surface area contributed by atoms with Crippen LogP contribution in [0.3, 0.4) is 0 Å². The van der Waals surface area contributed by atoms with E-state index in [9.17, 15) is 28.5 Å². The van der Waals surface area contributed by atoms with E-state index in [-0.39, 0.29) is 11.7 Å². The summed E-state index contributed by atoms with van der Waals surface area (Å²) in [5.41, 5.74) is 10.9. The lowest BCUT2D eigenvalue weighted by molar-refractivity contribution is -0.134. The Morgan fingerprint density at radius 3 is 2.05 bits per heavy atom. The minimum absolute atomic E-state index is 0.0938. The van der Waals surface area contributed by atoms with Gasteiger partial charge in [-0.05, 0) is 23.6 Å². The molecule has 1 aliphatic rings. The average molecular weight is 541 g/mol. The molecule has 204 valence electrons. The lowest BCUT2D eigenvalue weighted by atomic mass is 9.97. The highest BCUT2D eigenvalue weighted by atomic mass is 31.2. The molecule has 0 aliphatic heterocycles. The molecule has 37 heavy (non-hydrogen) atoms. The Kier molecular flexibility index (Phi) is 9.79. The Bertz CT molecular complexity index is 1090. The highest BCUT2D eigenvalue weighted by molar-refractivity contribution is 7.46. The largest absolute Gasteiger partial charge is 0.524 e. The number of amides is 5. The van der Waals surface area contributed by atoms with E-state index in [4.69, 9.17) is 21.3 Å². The molecular formula is C22H32N5O9P. The Morgan fingerprint density at radius 1 is 1.03 bits per heavy atom. The summed E-state index contributed by atoms with van der Waals surface area (Å²) in [5, 5.41) is 7.51. The third kappa shape index (κ3) is 8.00. The fourth-order valence-electron chi connectivity index (χ4n) is 4.07. The SMILES string of the molecule is CCC(C)[C@H](NC(=O)[C@@H]1C(c2ccc(OP(=O)(O)O)cc2)[C@H]1C(=O)NC)C(=O)N[C@@H](CC(N)=O)C(N)=O. The molecule has 2 unspecified atom stereocenters. The fourth-order valence-corrected chi connectivity index (χ4v) is 4.47. The van der Waals surface area contributed by atoms with Crippen molar-refractivity contribution in [3.63, 3.8) is 0 Å². The van der Waals surface area contributed by atoms with E-state index in [1.54, 1.807) is 13.8 Å². The predicted octanol–water partition coefficient (Wildman–Crippen LogP) is -1.39. The van der Waals surface area contributed by atoms with Gasteiger partial charge in [-0.1, -0.05) is 32.4 Å². The van der Waals surface area contributed by atoms with Crippen molar-refractivity contribution in [3.05, 3.63) is 29.8 Å². The first-order valence-electron chi connectivity index (χ1n) is 11.4. The molecule has 14 nitrogen and oxygen atoms in total. The minimum atomic E-state index is -4.75. The number of carbonyl (C=O) groups is 5. The second kappa shape index (κ2) is 12.2. The van der Waals surface area contributed by atoms with Crippen molar-refractivity contribution in [2.24, 2.45) is 29.2 Å². The highest BCUT2D eigenvalue weighted by Crippen LogP contribution is 2.54. The number of carbonyl (C=O) groups excluding carboxylic acids is 5. The molecule has 9 N–H and O–H groups in total. The maximum absolute atomic E-state index is 13.2. The summed E-state index contributed by atoms with van der Waals surface area (Å²) >= 11 is 0. The zero-order valence-corrected chi connectivity index (χ0v) is 21.4. The molecule has 1 fully saturated rings. The van der Waals surface area contributed by atoms with Crippen molar-refractivity contribution >= 4 is 37.4 Å². The van der Waals surface area contributed by atoms with E-state index in [1.807, 2.05) is 0 Å². The smallest absolute Gasteiger partial charge is 0.404 e. The van der Waals surface area contributed by atoms with Gasteiger partial charge in [0, 0.05) is 13.0 Å². The normalized spacial score (nSPS) is 21.1. The van der Waals surface area contributed by atoms with Crippen LogP contribution in [-0.2, 0) is 28.5 Å². The Labute approximate surface area is 213 Å². The quantitative estimate of drug-likeness (QED) is 0.145. The first kappa shape index (κ1) is 29.7. The number of rotatable bonds is 13. The van der Waals surface area contributed by atoms with Gasteiger partial charge in [-0.3, -0.25) is 33.8 Å². The Morgan fingerprint density at radius 2 is 1.59 bits per heavy atom. The Balaban J connectivity index is 2.23. The zero-order valence-electron chi connectivity index (χ0n) is 20.5. The first-order valence-corrected chi connectivity index (χ1v) is 13.0. The number of nitrogens with two attached hydrogens (primary N) is 2. The van der Waals surface area contributed by atoms with Gasteiger partial charge >= 0.3 is 7.82 Å². The van der Waals surface area contributed by atoms with Crippen LogP contribution in [0.15, 0.2) is 24.3 Å². The molecule has 1 aliphatic carbocycles. The lowest BCUT2D eigenvalue weighted by Gasteiger charge is -2.25. The monoisotopic (exact) mass is 541 g/mol. The third-order valence-corrected chi connectivity index (χ3v) is 6.67. The number of primary amides is 2. The van der Waals surface area contributed by atoms with Gasteiger partial charge in [0.15, 0.2) is 0 Å². The maximum Gasteiger partial charge on any atom is 0.524 e. The average Bonchev–Trinajstić information content (AvgIpc) is 3.55. The van der Waals surface area contributed by atoms with Crippen LogP contribution in [0, 0.1) is 17.8 Å². The highest BCUT2D eigenvalue weighted by Gasteiger charge is 2.59. The molecule has 0 bridgehead atoms. The summed E-state index contributed by atoms with van der Waals surface area (Å²) in [5.74, 6) is -6.18. The van der Waals surface area contributed by atoms with Gasteiger partial charge in [-0.25, -0.2) is 4.57 Å². The minimum Gasteiger partial charge on any atom is -0.404 e. The number of hydrogen-bond donors (Lipinski definition) is 7.